The highest BCUT2D eigenvalue weighted by Gasteiger charge is 2.23. The van der Waals surface area contributed by atoms with Crippen LogP contribution in [0.25, 0.3) is 0 Å². The van der Waals surface area contributed by atoms with E-state index in [4.69, 9.17) is 9.47 Å². The monoisotopic (exact) mass is 323 g/mol. The minimum absolute atomic E-state index is 0.128. The average Bonchev–Trinajstić information content (AvgIpc) is 3.34. The smallest absolute Gasteiger partial charge is 0.220 e. The van der Waals surface area contributed by atoms with Crippen molar-refractivity contribution >= 4 is 5.91 Å². The molecule has 1 saturated carbocycles. The van der Waals surface area contributed by atoms with Gasteiger partial charge in [0, 0.05) is 24.9 Å². The molecule has 1 N–H and O–H groups in total. The second kappa shape index (κ2) is 6.56. The van der Waals surface area contributed by atoms with Crippen LogP contribution >= 0.6 is 0 Å². The van der Waals surface area contributed by atoms with Gasteiger partial charge in [-0.3, -0.25) is 4.79 Å². The van der Waals surface area contributed by atoms with Crippen LogP contribution in [-0.2, 0) is 4.79 Å². The Bertz CT molecular complexity index is 722. The van der Waals surface area contributed by atoms with Crippen molar-refractivity contribution in [2.45, 2.75) is 25.2 Å². The number of hydrogen-bond acceptors (Lipinski definition) is 3. The predicted molar refractivity (Wildman–Crippen MR) is 91.5 cm³/mol. The van der Waals surface area contributed by atoms with E-state index in [2.05, 4.69) is 5.32 Å². The summed E-state index contributed by atoms with van der Waals surface area (Å²) in [6.45, 7) is 1.52. The SMILES string of the molecule is O=C1CC(c2ccc(Oc3cccc(OCC4CC4)c3)cc2)CN1. The van der Waals surface area contributed by atoms with E-state index in [-0.39, 0.29) is 11.8 Å². The Morgan fingerprint density at radius 1 is 1.00 bits per heavy atom. The fourth-order valence-electron chi connectivity index (χ4n) is 2.91. The average molecular weight is 323 g/mol. The van der Waals surface area contributed by atoms with E-state index in [1.807, 2.05) is 48.5 Å². The molecular formula is C20H21NO3. The van der Waals surface area contributed by atoms with Gasteiger partial charge in [-0.1, -0.05) is 18.2 Å². The van der Waals surface area contributed by atoms with Crippen molar-refractivity contribution in [3.05, 3.63) is 54.1 Å². The highest BCUT2D eigenvalue weighted by molar-refractivity contribution is 5.79. The lowest BCUT2D eigenvalue weighted by Crippen LogP contribution is -2.13. The number of amides is 1. The number of nitrogens with one attached hydrogen (secondary N) is 1. The third-order valence-corrected chi connectivity index (χ3v) is 4.55. The van der Waals surface area contributed by atoms with E-state index < -0.39 is 0 Å². The summed E-state index contributed by atoms with van der Waals surface area (Å²) in [5, 5.41) is 2.87. The van der Waals surface area contributed by atoms with Gasteiger partial charge < -0.3 is 14.8 Å². The van der Waals surface area contributed by atoms with E-state index in [1.54, 1.807) is 0 Å². The number of carbonyl (C=O) groups is 1. The second-order valence-electron chi connectivity index (χ2n) is 6.61. The molecule has 24 heavy (non-hydrogen) atoms. The van der Waals surface area contributed by atoms with Crippen molar-refractivity contribution in [2.75, 3.05) is 13.2 Å². The molecule has 0 radical (unpaired) electrons. The minimum Gasteiger partial charge on any atom is -0.493 e. The van der Waals surface area contributed by atoms with E-state index >= 15 is 0 Å². The molecule has 2 aromatic carbocycles. The quantitative estimate of drug-likeness (QED) is 0.878. The summed E-state index contributed by atoms with van der Waals surface area (Å²) in [4.78, 5) is 11.3. The highest BCUT2D eigenvalue weighted by atomic mass is 16.5. The standard InChI is InChI=1S/C20H21NO3/c22-20-10-16(12-21-20)15-6-8-17(9-7-15)24-19-3-1-2-18(11-19)23-13-14-4-5-14/h1-3,6-9,11,14,16H,4-5,10,12-13H2,(H,21,22). The Kier molecular flexibility index (Phi) is 4.11. The summed E-state index contributed by atoms with van der Waals surface area (Å²) in [5.74, 6) is 3.55. The molecule has 0 bridgehead atoms. The van der Waals surface area contributed by atoms with Gasteiger partial charge in [-0.15, -0.1) is 0 Å². The van der Waals surface area contributed by atoms with Crippen molar-refractivity contribution in [3.63, 3.8) is 0 Å². The van der Waals surface area contributed by atoms with Gasteiger partial charge in [0.25, 0.3) is 0 Å². The van der Waals surface area contributed by atoms with E-state index in [9.17, 15) is 4.79 Å². The van der Waals surface area contributed by atoms with Crippen LogP contribution in [0.1, 0.15) is 30.7 Å². The lowest BCUT2D eigenvalue weighted by molar-refractivity contribution is -0.119. The van der Waals surface area contributed by atoms with Crippen LogP contribution in [-0.4, -0.2) is 19.1 Å². The van der Waals surface area contributed by atoms with Gasteiger partial charge in [0.05, 0.1) is 6.61 Å². The summed E-state index contributed by atoms with van der Waals surface area (Å²) in [6, 6.07) is 15.7. The molecule has 2 aliphatic rings. The zero-order valence-corrected chi connectivity index (χ0v) is 13.5. The van der Waals surface area contributed by atoms with Gasteiger partial charge in [-0.2, -0.15) is 0 Å². The first-order chi connectivity index (χ1) is 11.8. The highest BCUT2D eigenvalue weighted by Crippen LogP contribution is 2.31. The molecule has 0 spiro atoms. The Morgan fingerprint density at radius 2 is 1.79 bits per heavy atom. The largest absolute Gasteiger partial charge is 0.493 e. The first-order valence-electron chi connectivity index (χ1n) is 8.53. The predicted octanol–water partition coefficient (Wildman–Crippen LogP) is 3.87. The zero-order valence-electron chi connectivity index (χ0n) is 13.5. The Balaban J connectivity index is 1.39. The van der Waals surface area contributed by atoms with Crippen molar-refractivity contribution in [1.82, 2.24) is 5.32 Å². The topological polar surface area (TPSA) is 47.6 Å². The van der Waals surface area contributed by atoms with E-state index in [1.165, 1.54) is 18.4 Å². The van der Waals surface area contributed by atoms with Gasteiger partial charge >= 0.3 is 0 Å². The Labute approximate surface area is 141 Å². The van der Waals surface area contributed by atoms with Crippen LogP contribution in [0.5, 0.6) is 17.2 Å². The molecule has 124 valence electrons. The van der Waals surface area contributed by atoms with Crippen molar-refractivity contribution in [1.29, 1.82) is 0 Å². The maximum atomic E-state index is 11.3. The molecule has 2 fully saturated rings. The van der Waals surface area contributed by atoms with Crippen LogP contribution in [0.3, 0.4) is 0 Å². The van der Waals surface area contributed by atoms with Crippen molar-refractivity contribution in [3.8, 4) is 17.2 Å². The van der Waals surface area contributed by atoms with Crippen LogP contribution < -0.4 is 14.8 Å². The van der Waals surface area contributed by atoms with Gasteiger partial charge in [-0.25, -0.2) is 0 Å². The maximum Gasteiger partial charge on any atom is 0.220 e. The lowest BCUT2D eigenvalue weighted by atomic mass is 9.98. The third kappa shape index (κ3) is 3.70. The molecule has 4 heteroatoms. The number of carbonyl (C=O) groups excluding carboxylic acids is 1. The molecule has 1 amide bonds. The molecule has 1 saturated heterocycles. The molecule has 1 atom stereocenters. The summed E-state index contributed by atoms with van der Waals surface area (Å²) < 4.78 is 11.7. The van der Waals surface area contributed by atoms with Crippen molar-refractivity contribution < 1.29 is 14.3 Å². The summed E-state index contributed by atoms with van der Waals surface area (Å²) in [5.41, 5.74) is 1.17. The molecule has 1 aliphatic heterocycles. The Morgan fingerprint density at radius 3 is 2.50 bits per heavy atom. The minimum atomic E-state index is 0.128. The number of rotatable bonds is 6. The molecule has 1 heterocycles. The second-order valence-corrected chi connectivity index (χ2v) is 6.61. The fraction of sp³-hybridized carbons (Fsp3) is 0.350. The maximum absolute atomic E-state index is 11.3. The van der Waals surface area contributed by atoms with Crippen LogP contribution in [0.2, 0.25) is 0 Å². The van der Waals surface area contributed by atoms with Gasteiger partial charge in [0.15, 0.2) is 0 Å². The zero-order chi connectivity index (χ0) is 16.4. The number of ether oxygens (including phenoxy) is 2. The molecular weight excluding hydrogens is 302 g/mol. The number of hydrogen-bond donors (Lipinski definition) is 1. The first kappa shape index (κ1) is 15.1. The Hall–Kier alpha value is -2.49. The van der Waals surface area contributed by atoms with Crippen LogP contribution in [0.4, 0.5) is 0 Å². The van der Waals surface area contributed by atoms with E-state index in [0.29, 0.717) is 6.42 Å². The molecule has 1 unspecified atom stereocenters. The van der Waals surface area contributed by atoms with Crippen molar-refractivity contribution in [2.24, 2.45) is 5.92 Å². The molecule has 2 aromatic rings. The van der Waals surface area contributed by atoms with Gasteiger partial charge in [0.2, 0.25) is 5.91 Å². The molecule has 1 aliphatic carbocycles. The summed E-state index contributed by atoms with van der Waals surface area (Å²) >= 11 is 0. The van der Waals surface area contributed by atoms with E-state index in [0.717, 1.165) is 36.3 Å². The lowest BCUT2D eigenvalue weighted by Gasteiger charge is -2.11. The summed E-state index contributed by atoms with van der Waals surface area (Å²) in [6.07, 6.45) is 3.13. The van der Waals surface area contributed by atoms with Crippen LogP contribution in [0, 0.1) is 5.92 Å². The fourth-order valence-corrected chi connectivity index (χ4v) is 2.91. The first-order valence-corrected chi connectivity index (χ1v) is 8.53. The third-order valence-electron chi connectivity index (χ3n) is 4.55. The number of benzene rings is 2. The normalized spacial score (nSPS) is 19.8. The van der Waals surface area contributed by atoms with Crippen LogP contribution in [0.15, 0.2) is 48.5 Å². The molecule has 0 aromatic heterocycles. The summed E-state index contributed by atoms with van der Waals surface area (Å²) in [7, 11) is 0. The van der Waals surface area contributed by atoms with Gasteiger partial charge in [-0.05, 0) is 48.6 Å². The van der Waals surface area contributed by atoms with Gasteiger partial charge in [0.1, 0.15) is 17.2 Å². The molecule has 4 nitrogen and oxygen atoms in total. The molecule has 4 rings (SSSR count).